The molecule has 0 aliphatic heterocycles. The van der Waals surface area contributed by atoms with E-state index >= 15 is 0 Å². The second-order valence-corrected chi connectivity index (χ2v) is 3.61. The zero-order valence-corrected chi connectivity index (χ0v) is 8.98. The molecule has 0 aliphatic carbocycles. The maximum absolute atomic E-state index is 10.5. The lowest BCUT2D eigenvalue weighted by Gasteiger charge is -2.02. The molecule has 2 aromatic rings. The number of nitrogens with zero attached hydrogens (tertiary/aromatic N) is 1. The number of hydrogen-bond donors (Lipinski definition) is 1. The van der Waals surface area contributed by atoms with Crippen molar-refractivity contribution < 1.29 is 9.90 Å². The van der Waals surface area contributed by atoms with E-state index in [1.54, 1.807) is 6.07 Å². The summed E-state index contributed by atoms with van der Waals surface area (Å²) in [5.41, 5.74) is 1.50. The number of carboxylic acid groups (broad SMARTS) is 1. The molecule has 0 radical (unpaired) electrons. The number of hydrogen-bond acceptors (Lipinski definition) is 2. The normalized spacial score (nSPS) is 11.1. The Morgan fingerprint density at radius 3 is 2.88 bits per heavy atom. The standard InChI is InChI=1S/C12H8ClNO2/c13-11-7-8(5-6-12(15)16)9-3-1-2-4-10(9)14-11/h1-7H,(H,15,16)/b6-5+. The van der Waals surface area contributed by atoms with E-state index in [4.69, 9.17) is 16.7 Å². The number of aromatic nitrogens is 1. The third kappa shape index (κ3) is 2.20. The molecule has 1 heterocycles. The van der Waals surface area contributed by atoms with Crippen LogP contribution in [0.5, 0.6) is 0 Å². The number of pyridine rings is 1. The van der Waals surface area contributed by atoms with E-state index in [-0.39, 0.29) is 0 Å². The van der Waals surface area contributed by atoms with Crippen LogP contribution in [0, 0.1) is 0 Å². The van der Waals surface area contributed by atoms with Gasteiger partial charge in [-0.15, -0.1) is 0 Å². The molecule has 1 aromatic heterocycles. The first-order valence-electron chi connectivity index (χ1n) is 4.63. The highest BCUT2D eigenvalue weighted by atomic mass is 35.5. The Morgan fingerprint density at radius 2 is 2.12 bits per heavy atom. The van der Waals surface area contributed by atoms with Crippen molar-refractivity contribution in [2.75, 3.05) is 0 Å². The molecular weight excluding hydrogens is 226 g/mol. The van der Waals surface area contributed by atoms with Crippen LogP contribution >= 0.6 is 11.6 Å². The summed E-state index contributed by atoms with van der Waals surface area (Å²) in [5.74, 6) is -0.989. The van der Waals surface area contributed by atoms with Crippen molar-refractivity contribution >= 4 is 34.5 Å². The molecule has 80 valence electrons. The molecule has 2 rings (SSSR count). The average molecular weight is 234 g/mol. The highest BCUT2D eigenvalue weighted by Crippen LogP contribution is 2.21. The first-order chi connectivity index (χ1) is 7.66. The van der Waals surface area contributed by atoms with Crippen LogP contribution in [0.15, 0.2) is 36.4 Å². The van der Waals surface area contributed by atoms with Gasteiger partial charge in [0.1, 0.15) is 5.15 Å². The number of rotatable bonds is 2. The van der Waals surface area contributed by atoms with Crippen molar-refractivity contribution in [2.45, 2.75) is 0 Å². The van der Waals surface area contributed by atoms with Gasteiger partial charge in [0.15, 0.2) is 0 Å². The molecule has 0 aliphatic rings. The molecular formula is C12H8ClNO2. The van der Waals surface area contributed by atoms with Gasteiger partial charge in [0.2, 0.25) is 0 Å². The molecule has 1 aromatic carbocycles. The molecule has 0 bridgehead atoms. The molecule has 16 heavy (non-hydrogen) atoms. The molecule has 0 fully saturated rings. The predicted molar refractivity (Wildman–Crippen MR) is 63.4 cm³/mol. The summed E-state index contributed by atoms with van der Waals surface area (Å²) in [6.07, 6.45) is 2.59. The summed E-state index contributed by atoms with van der Waals surface area (Å²) >= 11 is 5.85. The van der Waals surface area contributed by atoms with Gasteiger partial charge in [-0.05, 0) is 23.8 Å². The second-order valence-electron chi connectivity index (χ2n) is 3.22. The van der Waals surface area contributed by atoms with Crippen LogP contribution in [0.1, 0.15) is 5.56 Å². The van der Waals surface area contributed by atoms with Crippen LogP contribution in [-0.2, 0) is 4.79 Å². The fourth-order valence-electron chi connectivity index (χ4n) is 1.47. The number of carbonyl (C=O) groups is 1. The molecule has 0 amide bonds. The monoisotopic (exact) mass is 233 g/mol. The summed E-state index contributed by atoms with van der Waals surface area (Å²) in [7, 11) is 0. The number of carboxylic acids is 1. The van der Waals surface area contributed by atoms with E-state index in [9.17, 15) is 4.79 Å². The predicted octanol–water partition coefficient (Wildman–Crippen LogP) is 2.99. The van der Waals surface area contributed by atoms with Gasteiger partial charge in [0.25, 0.3) is 0 Å². The molecule has 3 nitrogen and oxygen atoms in total. The Hall–Kier alpha value is -1.87. The van der Waals surface area contributed by atoms with Gasteiger partial charge < -0.3 is 5.11 Å². The highest BCUT2D eigenvalue weighted by Gasteiger charge is 2.01. The maximum atomic E-state index is 10.5. The summed E-state index contributed by atoms with van der Waals surface area (Å²) in [6, 6.07) is 9.08. The van der Waals surface area contributed by atoms with Crippen molar-refractivity contribution in [3.63, 3.8) is 0 Å². The number of benzene rings is 1. The van der Waals surface area contributed by atoms with E-state index in [0.29, 0.717) is 5.15 Å². The Bertz CT molecular complexity index is 578. The third-order valence-electron chi connectivity index (χ3n) is 2.12. The minimum absolute atomic E-state index is 0.351. The smallest absolute Gasteiger partial charge is 0.328 e. The van der Waals surface area contributed by atoms with Crippen LogP contribution < -0.4 is 0 Å². The van der Waals surface area contributed by atoms with E-state index in [1.165, 1.54) is 6.08 Å². The van der Waals surface area contributed by atoms with E-state index in [2.05, 4.69) is 4.98 Å². The van der Waals surface area contributed by atoms with Crippen LogP contribution in [-0.4, -0.2) is 16.1 Å². The van der Waals surface area contributed by atoms with Crippen LogP contribution in [0.3, 0.4) is 0 Å². The summed E-state index contributed by atoms with van der Waals surface area (Å²) in [5, 5.41) is 9.81. The van der Waals surface area contributed by atoms with Crippen molar-refractivity contribution in [3.8, 4) is 0 Å². The van der Waals surface area contributed by atoms with Crippen molar-refractivity contribution in [1.29, 1.82) is 0 Å². The van der Waals surface area contributed by atoms with Crippen molar-refractivity contribution in [1.82, 2.24) is 4.98 Å². The molecule has 0 spiro atoms. The zero-order chi connectivity index (χ0) is 11.5. The van der Waals surface area contributed by atoms with E-state index in [0.717, 1.165) is 22.5 Å². The quantitative estimate of drug-likeness (QED) is 0.641. The number of halogens is 1. The van der Waals surface area contributed by atoms with Crippen LogP contribution in [0.25, 0.3) is 17.0 Å². The Balaban J connectivity index is 2.63. The zero-order valence-electron chi connectivity index (χ0n) is 8.22. The Morgan fingerprint density at radius 1 is 1.38 bits per heavy atom. The highest BCUT2D eigenvalue weighted by molar-refractivity contribution is 6.30. The first-order valence-corrected chi connectivity index (χ1v) is 5.01. The SMILES string of the molecule is O=C(O)/C=C/c1cc(Cl)nc2ccccc12. The minimum atomic E-state index is -0.989. The minimum Gasteiger partial charge on any atom is -0.478 e. The summed E-state index contributed by atoms with van der Waals surface area (Å²) in [6.45, 7) is 0. The molecule has 4 heteroatoms. The number of fused-ring (bicyclic) bond motifs is 1. The van der Waals surface area contributed by atoms with Gasteiger partial charge in [-0.25, -0.2) is 9.78 Å². The molecule has 0 saturated carbocycles. The topological polar surface area (TPSA) is 50.2 Å². The second kappa shape index (κ2) is 4.33. The van der Waals surface area contributed by atoms with Gasteiger partial charge in [-0.1, -0.05) is 29.8 Å². The molecule has 0 saturated heterocycles. The number of para-hydroxylation sites is 1. The third-order valence-corrected chi connectivity index (χ3v) is 2.32. The molecule has 1 N–H and O–H groups in total. The van der Waals surface area contributed by atoms with E-state index in [1.807, 2.05) is 24.3 Å². The lowest BCUT2D eigenvalue weighted by molar-refractivity contribution is -0.131. The Labute approximate surface area is 97.0 Å². The van der Waals surface area contributed by atoms with Gasteiger partial charge in [0.05, 0.1) is 5.52 Å². The lowest BCUT2D eigenvalue weighted by atomic mass is 10.1. The van der Waals surface area contributed by atoms with Crippen LogP contribution in [0.4, 0.5) is 0 Å². The summed E-state index contributed by atoms with van der Waals surface area (Å²) < 4.78 is 0. The average Bonchev–Trinajstić information content (AvgIpc) is 2.25. The van der Waals surface area contributed by atoms with Gasteiger partial charge >= 0.3 is 5.97 Å². The largest absolute Gasteiger partial charge is 0.478 e. The van der Waals surface area contributed by atoms with Gasteiger partial charge in [-0.3, -0.25) is 0 Å². The van der Waals surface area contributed by atoms with Gasteiger partial charge in [-0.2, -0.15) is 0 Å². The molecule has 0 atom stereocenters. The maximum Gasteiger partial charge on any atom is 0.328 e. The fraction of sp³-hybridized carbons (Fsp3) is 0. The fourth-order valence-corrected chi connectivity index (χ4v) is 1.68. The van der Waals surface area contributed by atoms with Crippen LogP contribution in [0.2, 0.25) is 5.15 Å². The number of aliphatic carboxylic acids is 1. The van der Waals surface area contributed by atoms with Crippen molar-refractivity contribution in [3.05, 3.63) is 47.1 Å². The van der Waals surface area contributed by atoms with E-state index < -0.39 is 5.97 Å². The van der Waals surface area contributed by atoms with Crippen molar-refractivity contribution in [2.24, 2.45) is 0 Å². The summed E-state index contributed by atoms with van der Waals surface area (Å²) in [4.78, 5) is 14.6. The Kier molecular flexibility index (Phi) is 2.88. The lowest BCUT2D eigenvalue weighted by Crippen LogP contribution is -1.88. The van der Waals surface area contributed by atoms with Gasteiger partial charge in [0, 0.05) is 11.5 Å². The first kappa shape index (κ1) is 10.6. The molecule has 0 unspecified atom stereocenters.